The number of hydrogen-bond acceptors (Lipinski definition) is 4. The summed E-state index contributed by atoms with van der Waals surface area (Å²) in [7, 11) is 0. The summed E-state index contributed by atoms with van der Waals surface area (Å²) in [5.74, 6) is 1.01. The van der Waals surface area contributed by atoms with Gasteiger partial charge in [-0.05, 0) is 48.5 Å². The number of nitrogens with two attached hydrogens (primary N) is 2. The van der Waals surface area contributed by atoms with Gasteiger partial charge in [-0.2, -0.15) is 0 Å². The first kappa shape index (κ1) is 26.9. The summed E-state index contributed by atoms with van der Waals surface area (Å²) in [5, 5.41) is 15.7. The molecule has 6 N–H and O–H groups in total. The molecular weight excluding hydrogens is 530 g/mol. The normalized spacial score (nSPS) is 10.3. The van der Waals surface area contributed by atoms with E-state index in [1.54, 1.807) is 48.5 Å². The van der Waals surface area contributed by atoms with E-state index in [1.165, 1.54) is 0 Å². The molecule has 0 aromatic heterocycles. The van der Waals surface area contributed by atoms with Crippen LogP contribution in [0.4, 0.5) is 0 Å². The fourth-order valence-corrected chi connectivity index (χ4v) is 3.90. The largest absolute Gasteiger partial charge is 0.489 e. The van der Waals surface area contributed by atoms with Crippen LogP contribution in [0.5, 0.6) is 11.5 Å². The molecule has 0 spiro atoms. The molecule has 0 fully saturated rings. The van der Waals surface area contributed by atoms with Crippen molar-refractivity contribution in [3.63, 3.8) is 0 Å². The van der Waals surface area contributed by atoms with Crippen LogP contribution in [0.25, 0.3) is 0 Å². The highest BCUT2D eigenvalue weighted by molar-refractivity contribution is 6.48. The molecule has 0 saturated heterocycles. The van der Waals surface area contributed by atoms with Crippen LogP contribution in [0.15, 0.2) is 48.5 Å². The van der Waals surface area contributed by atoms with Crippen molar-refractivity contribution in [3.8, 4) is 11.5 Å². The van der Waals surface area contributed by atoms with E-state index in [9.17, 15) is 0 Å². The molecule has 6 nitrogen and oxygen atoms in total. The van der Waals surface area contributed by atoms with E-state index < -0.39 is 0 Å². The molecule has 3 rings (SSSR count). The van der Waals surface area contributed by atoms with E-state index in [-0.39, 0.29) is 57.4 Å². The topological polar surface area (TPSA) is 118 Å². The van der Waals surface area contributed by atoms with Crippen molar-refractivity contribution >= 4 is 70.5 Å². The predicted molar refractivity (Wildman–Crippen MR) is 137 cm³/mol. The van der Waals surface area contributed by atoms with Gasteiger partial charge in [-0.15, -0.1) is 12.4 Å². The van der Waals surface area contributed by atoms with Gasteiger partial charge in [-0.25, -0.2) is 0 Å². The Morgan fingerprint density at radius 3 is 1.12 bits per heavy atom. The minimum atomic E-state index is -0.0335. The number of nitrogen functional groups attached to an aromatic ring is 2. The lowest BCUT2D eigenvalue weighted by atomic mass is 10.1. The van der Waals surface area contributed by atoms with Gasteiger partial charge in [0.05, 0.1) is 20.1 Å². The Labute approximate surface area is 217 Å². The highest BCUT2D eigenvalue weighted by Gasteiger charge is 2.21. The first-order valence-electron chi connectivity index (χ1n) is 9.17. The first-order valence-corrected chi connectivity index (χ1v) is 10.7. The second kappa shape index (κ2) is 11.7. The summed E-state index contributed by atoms with van der Waals surface area (Å²) in [5.41, 5.74) is 12.9. The molecule has 3 aromatic rings. The molecule has 11 heteroatoms. The quantitative estimate of drug-likeness (QED) is 0.147. The highest BCUT2D eigenvalue weighted by Crippen LogP contribution is 2.42. The molecule has 0 heterocycles. The van der Waals surface area contributed by atoms with Crippen molar-refractivity contribution in [2.75, 3.05) is 0 Å². The van der Waals surface area contributed by atoms with Crippen LogP contribution in [-0.2, 0) is 13.2 Å². The third kappa shape index (κ3) is 6.37. The number of ether oxygens (including phenoxy) is 2. The van der Waals surface area contributed by atoms with Gasteiger partial charge in [0.15, 0.2) is 0 Å². The van der Waals surface area contributed by atoms with E-state index in [2.05, 4.69) is 0 Å². The maximum Gasteiger partial charge on any atom is 0.122 e. The molecule has 0 aliphatic heterocycles. The Morgan fingerprint density at radius 2 is 0.879 bits per heavy atom. The van der Waals surface area contributed by atoms with Gasteiger partial charge in [0, 0.05) is 22.3 Å². The summed E-state index contributed by atoms with van der Waals surface area (Å²) in [6.45, 7) is 0.0638. The van der Waals surface area contributed by atoms with Gasteiger partial charge in [0.1, 0.15) is 36.4 Å². The van der Waals surface area contributed by atoms with Gasteiger partial charge in [-0.1, -0.05) is 46.4 Å². The third-order valence-corrected chi connectivity index (χ3v) is 6.40. The first-order chi connectivity index (χ1) is 15.2. The van der Waals surface area contributed by atoms with Crippen molar-refractivity contribution in [2.24, 2.45) is 11.5 Å². The summed E-state index contributed by atoms with van der Waals surface area (Å²) >= 11 is 25.8. The molecule has 0 amide bonds. The highest BCUT2D eigenvalue weighted by atomic mass is 35.5. The molecule has 33 heavy (non-hydrogen) atoms. The lowest BCUT2D eigenvalue weighted by Crippen LogP contribution is -2.10. The summed E-state index contributed by atoms with van der Waals surface area (Å²) < 4.78 is 11.5. The molecule has 0 atom stereocenters. The average Bonchev–Trinajstić information content (AvgIpc) is 2.78. The monoisotopic (exact) mass is 546 g/mol. The van der Waals surface area contributed by atoms with Gasteiger partial charge < -0.3 is 20.9 Å². The fourth-order valence-electron chi connectivity index (χ4n) is 2.75. The van der Waals surface area contributed by atoms with Gasteiger partial charge >= 0.3 is 0 Å². The van der Waals surface area contributed by atoms with Crippen molar-refractivity contribution in [1.29, 1.82) is 10.8 Å². The molecule has 0 saturated carbocycles. The van der Waals surface area contributed by atoms with E-state index in [0.29, 0.717) is 33.8 Å². The van der Waals surface area contributed by atoms with E-state index in [0.717, 1.165) is 0 Å². The molecule has 0 radical (unpaired) electrons. The van der Waals surface area contributed by atoms with Crippen LogP contribution in [0.2, 0.25) is 20.1 Å². The number of rotatable bonds is 8. The number of amidine groups is 2. The zero-order chi connectivity index (χ0) is 23.4. The maximum absolute atomic E-state index is 7.43. The molecule has 0 aliphatic carbocycles. The Morgan fingerprint density at radius 1 is 0.606 bits per heavy atom. The summed E-state index contributed by atoms with van der Waals surface area (Å²) in [4.78, 5) is 0. The van der Waals surface area contributed by atoms with Crippen molar-refractivity contribution < 1.29 is 9.47 Å². The summed E-state index contributed by atoms with van der Waals surface area (Å²) in [6.07, 6.45) is 0. The van der Waals surface area contributed by atoms with E-state index in [4.69, 9.17) is 78.2 Å². The van der Waals surface area contributed by atoms with Crippen LogP contribution in [-0.4, -0.2) is 11.7 Å². The Bertz CT molecular complexity index is 1050. The number of nitrogens with one attached hydrogen (secondary N) is 2. The fraction of sp³-hybridized carbons (Fsp3) is 0.0909. The van der Waals surface area contributed by atoms with Crippen LogP contribution >= 0.6 is 58.8 Å². The SMILES string of the molecule is Cl.N=C(N)c1ccc(OCc2c(Cl)c(Cl)c(COc3ccc(C(=N)N)cc3)c(Cl)c2Cl)cc1. The standard InChI is InChI=1S/C22H18Cl4N4O2.ClH/c23-17-15(9-31-13-5-1-11(2-6-13)21(27)28)18(24)20(26)16(19(17)25)10-32-14-7-3-12(4-8-14)22(29)30;/h1-8H,9-10H2,(H3,27,28)(H3,29,30);1H. The zero-order valence-corrected chi connectivity index (χ0v) is 20.8. The van der Waals surface area contributed by atoms with Gasteiger partial charge in [-0.3, -0.25) is 10.8 Å². The van der Waals surface area contributed by atoms with E-state index in [1.807, 2.05) is 0 Å². The van der Waals surface area contributed by atoms with Gasteiger partial charge in [0.2, 0.25) is 0 Å². The molecule has 174 valence electrons. The smallest absolute Gasteiger partial charge is 0.122 e. The molecule has 0 aliphatic rings. The Kier molecular flexibility index (Phi) is 9.52. The lowest BCUT2D eigenvalue weighted by molar-refractivity contribution is 0.303. The number of halogens is 5. The second-order valence-corrected chi connectivity index (χ2v) is 8.18. The van der Waals surface area contributed by atoms with Crippen molar-refractivity contribution in [2.45, 2.75) is 13.2 Å². The van der Waals surface area contributed by atoms with Crippen LogP contribution in [0.3, 0.4) is 0 Å². The van der Waals surface area contributed by atoms with Crippen LogP contribution in [0.1, 0.15) is 22.3 Å². The zero-order valence-electron chi connectivity index (χ0n) is 16.9. The molecule has 3 aromatic carbocycles. The van der Waals surface area contributed by atoms with Gasteiger partial charge in [0.25, 0.3) is 0 Å². The third-order valence-electron chi connectivity index (χ3n) is 4.54. The van der Waals surface area contributed by atoms with Crippen molar-refractivity contribution in [3.05, 3.63) is 90.9 Å². The van der Waals surface area contributed by atoms with E-state index >= 15 is 0 Å². The lowest BCUT2D eigenvalue weighted by Gasteiger charge is -2.17. The minimum absolute atomic E-state index is 0. The molecule has 0 unspecified atom stereocenters. The van der Waals surface area contributed by atoms with Crippen LogP contribution in [0, 0.1) is 10.8 Å². The van der Waals surface area contributed by atoms with Crippen molar-refractivity contribution in [1.82, 2.24) is 0 Å². The number of benzene rings is 3. The Balaban J connectivity index is 0.00000385. The summed E-state index contributed by atoms with van der Waals surface area (Å²) in [6, 6.07) is 13.4. The number of hydrogen-bond donors (Lipinski definition) is 4. The molecular formula is C22H19Cl5N4O2. The maximum atomic E-state index is 7.43. The second-order valence-electron chi connectivity index (χ2n) is 6.67. The average molecular weight is 549 g/mol. The Hall–Kier alpha value is -2.35. The minimum Gasteiger partial charge on any atom is -0.489 e. The van der Waals surface area contributed by atoms with Crippen LogP contribution < -0.4 is 20.9 Å². The predicted octanol–water partition coefficient (Wildman–Crippen LogP) is 6.45. The molecule has 0 bridgehead atoms.